The highest BCUT2D eigenvalue weighted by atomic mass is 16.7. The molecule has 308 valence electrons. The van der Waals surface area contributed by atoms with Gasteiger partial charge in [-0.25, -0.2) is 4.79 Å². The molecule has 1 aromatic carbocycles. The number of ketones is 1. The first-order chi connectivity index (χ1) is 25.3. The third-order valence-corrected chi connectivity index (χ3v) is 11.5. The molecule has 0 aliphatic carbocycles. The van der Waals surface area contributed by atoms with Gasteiger partial charge in [-0.05, 0) is 78.7 Å². The predicted molar refractivity (Wildman–Crippen MR) is 201 cm³/mol. The fourth-order valence-electron chi connectivity index (χ4n) is 8.29. The molecule has 2 fully saturated rings. The van der Waals surface area contributed by atoms with E-state index >= 15 is 0 Å². The van der Waals surface area contributed by atoms with Crippen molar-refractivity contribution in [3.05, 3.63) is 29.8 Å². The average Bonchev–Trinajstić information content (AvgIpc) is 3.13. The quantitative estimate of drug-likeness (QED) is 0.291. The number of cyclic esters (lactones) is 1. The van der Waals surface area contributed by atoms with Gasteiger partial charge in [0.1, 0.15) is 35.4 Å². The van der Waals surface area contributed by atoms with E-state index in [2.05, 4.69) is 5.32 Å². The molecule has 0 spiro atoms. The monoisotopic (exact) mass is 766 g/mol. The van der Waals surface area contributed by atoms with Crippen LogP contribution in [0, 0.1) is 23.7 Å². The molecule has 0 saturated carbocycles. The second-order valence-corrected chi connectivity index (χ2v) is 15.9. The van der Waals surface area contributed by atoms with E-state index in [0.29, 0.717) is 12.2 Å². The highest BCUT2D eigenvalue weighted by molar-refractivity contribution is 5.83. The number of esters is 1. The van der Waals surface area contributed by atoms with Crippen molar-refractivity contribution in [3.8, 4) is 5.75 Å². The van der Waals surface area contributed by atoms with Crippen molar-refractivity contribution in [1.29, 1.82) is 0 Å². The van der Waals surface area contributed by atoms with Gasteiger partial charge in [-0.3, -0.25) is 9.59 Å². The first kappa shape index (κ1) is 45.5. The van der Waals surface area contributed by atoms with Gasteiger partial charge in [0, 0.05) is 44.6 Å². The van der Waals surface area contributed by atoms with Crippen LogP contribution < -0.4 is 10.1 Å². The zero-order chi connectivity index (χ0) is 40.7. The molecular weight excluding hydrogens is 700 g/mol. The number of nitrogens with one attached hydrogen (secondary N) is 1. The largest absolute Gasteiger partial charge is 0.497 e. The SMILES string of the molecule is CC[C@H]1OC(=O)[C@H](C)[C@@H](OC(=O)NCc2ccc(OC)cc2)[C@H](C)[C@@H](O[C@@H]2O[C@H](C)C[C@H](N(C)C)[C@H]2O)[C@](C)(OC)C[C@@H](C)C(=O)[C@H](C)[C@@H](OC)[C@]1(C)O. The van der Waals surface area contributed by atoms with Crippen molar-refractivity contribution in [1.82, 2.24) is 10.2 Å². The second-order valence-electron chi connectivity index (χ2n) is 15.9. The van der Waals surface area contributed by atoms with E-state index in [1.165, 1.54) is 21.1 Å². The number of aliphatic hydroxyl groups is 2. The van der Waals surface area contributed by atoms with Crippen LogP contribution in [0.1, 0.15) is 80.2 Å². The van der Waals surface area contributed by atoms with Crippen LogP contribution in [-0.4, -0.2) is 129 Å². The Morgan fingerprint density at radius 3 is 2.17 bits per heavy atom. The summed E-state index contributed by atoms with van der Waals surface area (Å²) in [6, 6.07) is 6.87. The van der Waals surface area contributed by atoms with Crippen molar-refractivity contribution in [3.63, 3.8) is 0 Å². The topological polar surface area (TPSA) is 172 Å². The summed E-state index contributed by atoms with van der Waals surface area (Å²) >= 11 is 0. The van der Waals surface area contributed by atoms with Crippen molar-refractivity contribution < 1.29 is 57.8 Å². The van der Waals surface area contributed by atoms with E-state index in [0.717, 1.165) is 5.56 Å². The highest BCUT2D eigenvalue weighted by Crippen LogP contribution is 2.40. The third-order valence-electron chi connectivity index (χ3n) is 11.5. The Morgan fingerprint density at radius 2 is 1.63 bits per heavy atom. The molecule has 54 heavy (non-hydrogen) atoms. The lowest BCUT2D eigenvalue weighted by molar-refractivity contribution is -0.301. The molecule has 0 unspecified atom stereocenters. The summed E-state index contributed by atoms with van der Waals surface area (Å²) in [5.41, 5.74) is -2.24. The number of amides is 1. The second kappa shape index (κ2) is 19.3. The molecule has 1 aromatic rings. The lowest BCUT2D eigenvalue weighted by Crippen LogP contribution is -2.61. The number of hydrogen-bond acceptors (Lipinski definition) is 13. The number of benzene rings is 1. The average molecular weight is 767 g/mol. The van der Waals surface area contributed by atoms with Crippen molar-refractivity contribution in [2.45, 2.75) is 141 Å². The number of Topliss-reactive ketones (excluding diaryl/α,β-unsaturated/α-hetero) is 1. The summed E-state index contributed by atoms with van der Waals surface area (Å²) in [5.74, 6) is -3.63. The van der Waals surface area contributed by atoms with E-state index in [1.54, 1.807) is 60.8 Å². The molecule has 3 N–H and O–H groups in total. The van der Waals surface area contributed by atoms with Crippen molar-refractivity contribution in [2.75, 3.05) is 35.4 Å². The van der Waals surface area contributed by atoms with Crippen LogP contribution in [0.4, 0.5) is 4.79 Å². The summed E-state index contributed by atoms with van der Waals surface area (Å²) in [6.45, 7) is 13.9. The number of nitrogens with zero attached hydrogens (tertiary/aromatic N) is 1. The normalized spacial score (nSPS) is 38.7. The van der Waals surface area contributed by atoms with Crippen molar-refractivity contribution in [2.24, 2.45) is 23.7 Å². The fourth-order valence-corrected chi connectivity index (χ4v) is 8.29. The van der Waals surface area contributed by atoms with E-state index in [4.69, 9.17) is 33.2 Å². The highest BCUT2D eigenvalue weighted by Gasteiger charge is 2.53. The van der Waals surface area contributed by atoms with Gasteiger partial charge in [0.2, 0.25) is 0 Å². The number of methoxy groups -OCH3 is 3. The minimum absolute atomic E-state index is 0.126. The first-order valence-corrected chi connectivity index (χ1v) is 19.0. The maximum absolute atomic E-state index is 14.2. The van der Waals surface area contributed by atoms with Gasteiger partial charge in [0.15, 0.2) is 6.29 Å². The van der Waals surface area contributed by atoms with Gasteiger partial charge < -0.3 is 53.6 Å². The number of hydrogen-bond donors (Lipinski definition) is 3. The van der Waals surface area contributed by atoms with E-state index in [-0.39, 0.29) is 37.3 Å². The number of rotatable bonds is 10. The molecule has 2 saturated heterocycles. The smallest absolute Gasteiger partial charge is 0.407 e. The summed E-state index contributed by atoms with van der Waals surface area (Å²) < 4.78 is 42.3. The number of aliphatic hydroxyl groups excluding tert-OH is 1. The number of alkyl carbamates (subject to hydrolysis) is 1. The Kier molecular flexibility index (Phi) is 16.3. The van der Waals surface area contributed by atoms with Gasteiger partial charge in [-0.15, -0.1) is 0 Å². The minimum Gasteiger partial charge on any atom is -0.497 e. The maximum Gasteiger partial charge on any atom is 0.407 e. The van der Waals surface area contributed by atoms with E-state index < -0.39 is 83.7 Å². The molecule has 0 radical (unpaired) electrons. The minimum atomic E-state index is -1.76. The molecule has 14 nitrogen and oxygen atoms in total. The molecule has 1 amide bonds. The summed E-state index contributed by atoms with van der Waals surface area (Å²) in [5, 5.41) is 26.2. The summed E-state index contributed by atoms with van der Waals surface area (Å²) in [7, 11) is 8.22. The van der Waals surface area contributed by atoms with E-state index in [1.807, 2.05) is 38.1 Å². The van der Waals surface area contributed by atoms with Crippen LogP contribution in [0.25, 0.3) is 0 Å². The van der Waals surface area contributed by atoms with E-state index in [9.17, 15) is 24.6 Å². The molecule has 3 rings (SSSR count). The zero-order valence-electron chi connectivity index (χ0n) is 34.5. The van der Waals surface area contributed by atoms with Gasteiger partial charge in [-0.2, -0.15) is 0 Å². The van der Waals surface area contributed by atoms with Crippen LogP contribution >= 0.6 is 0 Å². The molecule has 0 aromatic heterocycles. The molecule has 2 aliphatic heterocycles. The van der Waals surface area contributed by atoms with Crippen LogP contribution in [-0.2, 0) is 44.6 Å². The summed E-state index contributed by atoms with van der Waals surface area (Å²) in [6.07, 6.45) is -6.68. The lowest BCUT2D eigenvalue weighted by Gasteiger charge is -2.48. The Balaban J connectivity index is 2.15. The van der Waals surface area contributed by atoms with Gasteiger partial charge in [0.05, 0.1) is 36.9 Å². The zero-order valence-corrected chi connectivity index (χ0v) is 34.5. The molecule has 14 atom stereocenters. The van der Waals surface area contributed by atoms with Crippen molar-refractivity contribution >= 4 is 17.8 Å². The standard InChI is InChI=1S/C40H66N2O12/c1-14-30-40(8,47)35(49-12)24(4)31(43)22(2)20-39(7,50-13)34(54-37-32(44)29(42(9)10)19-23(3)51-37)25(5)33(26(6)36(45)52-30)53-38(46)41-21-27-15-17-28(48-11)18-16-27/h15-18,22-26,29-30,32-35,37,44,47H,14,19-21H2,1-13H3,(H,41,46)/t22-,23-,24+,25+,26-,29+,30-,32-,33+,34-,35-,37+,39-,40-/m1/s1. The fraction of sp³-hybridized carbons (Fsp3) is 0.775. The predicted octanol–water partition coefficient (Wildman–Crippen LogP) is 4.11. The van der Waals surface area contributed by atoms with Crippen LogP contribution in [0.2, 0.25) is 0 Å². The van der Waals surface area contributed by atoms with Gasteiger partial charge in [0.25, 0.3) is 0 Å². The molecular formula is C40H66N2O12. The Bertz CT molecular complexity index is 1370. The lowest BCUT2D eigenvalue weighted by atomic mass is 9.73. The van der Waals surface area contributed by atoms with Crippen LogP contribution in [0.15, 0.2) is 24.3 Å². The molecule has 14 heteroatoms. The number of carbonyl (C=O) groups is 3. The number of ether oxygens (including phenoxy) is 7. The number of carbonyl (C=O) groups excluding carboxylic acids is 3. The first-order valence-electron chi connectivity index (χ1n) is 19.0. The van der Waals surface area contributed by atoms with Gasteiger partial charge in [-0.1, -0.05) is 39.8 Å². The Hall–Kier alpha value is -2.85. The molecule has 2 heterocycles. The number of likely N-dealkylation sites (N-methyl/N-ethyl adjacent to an activating group) is 1. The van der Waals surface area contributed by atoms with Gasteiger partial charge >= 0.3 is 12.1 Å². The molecule has 2 aliphatic rings. The van der Waals surface area contributed by atoms with Crippen LogP contribution in [0.5, 0.6) is 5.75 Å². The maximum atomic E-state index is 14.2. The van der Waals surface area contributed by atoms with Crippen LogP contribution in [0.3, 0.4) is 0 Å². The summed E-state index contributed by atoms with van der Waals surface area (Å²) in [4.78, 5) is 43.8. The third kappa shape index (κ3) is 10.5. The Morgan fingerprint density at radius 1 is 1.00 bits per heavy atom. The molecule has 0 bridgehead atoms. The Labute approximate surface area is 321 Å².